The lowest BCUT2D eigenvalue weighted by atomic mass is 10.1. The smallest absolute Gasteiger partial charge is 0.408 e. The summed E-state index contributed by atoms with van der Waals surface area (Å²) in [6, 6.07) is 14.1. The third-order valence-electron chi connectivity index (χ3n) is 7.16. The van der Waals surface area contributed by atoms with Crippen LogP contribution in [-0.4, -0.2) is 53.8 Å². The second-order valence-electron chi connectivity index (χ2n) is 11.4. The average Bonchev–Trinajstić information content (AvgIpc) is 3.52. The molecule has 45 heavy (non-hydrogen) atoms. The number of halogens is 1. The minimum Gasteiger partial charge on any atom is -0.494 e. The summed E-state index contributed by atoms with van der Waals surface area (Å²) in [6.45, 7) is 6.70. The van der Waals surface area contributed by atoms with Gasteiger partial charge in [-0.3, -0.25) is 0 Å². The Hall–Kier alpha value is -4.91. The largest absolute Gasteiger partial charge is 0.494 e. The number of nitrogens with zero attached hydrogens (tertiary/aromatic N) is 3. The maximum Gasteiger partial charge on any atom is 0.408 e. The maximum absolute atomic E-state index is 15.6. The zero-order chi connectivity index (χ0) is 32.8. The molecule has 0 saturated heterocycles. The number of ether oxygens (including phenoxy) is 3. The summed E-state index contributed by atoms with van der Waals surface area (Å²) in [4.78, 5) is 29.5. The van der Waals surface area contributed by atoms with Crippen molar-refractivity contribution in [3.8, 4) is 17.3 Å². The van der Waals surface area contributed by atoms with Crippen LogP contribution in [0.25, 0.3) is 33.5 Å². The van der Waals surface area contributed by atoms with Crippen LogP contribution in [0.2, 0.25) is 0 Å². The summed E-state index contributed by atoms with van der Waals surface area (Å²) in [5.41, 5.74) is 0.625. The molecule has 0 spiro atoms. The lowest BCUT2D eigenvalue weighted by Crippen LogP contribution is -2.34. The highest BCUT2D eigenvalue weighted by atomic mass is 32.2. The van der Waals surface area contributed by atoms with Crippen LogP contribution < -0.4 is 10.1 Å². The number of carbonyl (C=O) groups is 2. The predicted octanol–water partition coefficient (Wildman–Crippen LogP) is 5.95. The van der Waals surface area contributed by atoms with Gasteiger partial charge in [-0.05, 0) is 70.2 Å². The second kappa shape index (κ2) is 11.5. The van der Waals surface area contributed by atoms with E-state index in [4.69, 9.17) is 19.2 Å². The molecule has 5 aromatic rings. The molecule has 1 N–H and O–H groups in total. The van der Waals surface area contributed by atoms with E-state index >= 15 is 4.39 Å². The highest BCUT2D eigenvalue weighted by molar-refractivity contribution is 7.90. The molecule has 0 aliphatic carbocycles. The lowest BCUT2D eigenvalue weighted by Gasteiger charge is -2.22. The van der Waals surface area contributed by atoms with Gasteiger partial charge in [-0.25, -0.2) is 31.4 Å². The van der Waals surface area contributed by atoms with Gasteiger partial charge < -0.3 is 24.1 Å². The molecule has 2 aromatic heterocycles. The van der Waals surface area contributed by atoms with Crippen molar-refractivity contribution in [2.24, 2.45) is 7.05 Å². The summed E-state index contributed by atoms with van der Waals surface area (Å²) in [7, 11) is 0.104. The van der Waals surface area contributed by atoms with Gasteiger partial charge >= 0.3 is 12.1 Å². The van der Waals surface area contributed by atoms with Crippen LogP contribution in [0, 0.1) is 5.82 Å². The molecular weight excluding hydrogens is 603 g/mol. The molecule has 0 aliphatic heterocycles. The first-order valence-corrected chi connectivity index (χ1v) is 15.4. The Bertz CT molecular complexity index is 2060. The van der Waals surface area contributed by atoms with Gasteiger partial charge in [0.25, 0.3) is 10.0 Å². The molecule has 11 nitrogen and oxygen atoms in total. The summed E-state index contributed by atoms with van der Waals surface area (Å²) >= 11 is 0. The lowest BCUT2D eigenvalue weighted by molar-refractivity contribution is 0.0506. The minimum atomic E-state index is -4.28. The minimum absolute atomic E-state index is 0.00104. The standard InChI is InChI=1S/C32H33FN4O7S/c1-18(34-31(39)44-32(2,3)4)22-17-25-19(13-23(22)33)15-26(37(25)45(40,41)21-11-9-8-10-12-21)29-35-24-14-20(30(38)43-7)16-27(42-6)28(24)36(29)5/h8-18H,1-7H3,(H,34,39)/t18-/m1/s1. The molecule has 0 fully saturated rings. The first-order valence-electron chi connectivity index (χ1n) is 13.9. The van der Waals surface area contributed by atoms with E-state index in [-0.39, 0.29) is 38.4 Å². The molecule has 5 rings (SSSR count). The Morgan fingerprint density at radius 1 is 1.02 bits per heavy atom. The maximum atomic E-state index is 15.6. The quantitative estimate of drug-likeness (QED) is 0.217. The molecule has 2 heterocycles. The number of fused-ring (bicyclic) bond motifs is 2. The molecular formula is C32H33FN4O7S. The fraction of sp³-hybridized carbons (Fsp3) is 0.281. The summed E-state index contributed by atoms with van der Waals surface area (Å²) in [6.07, 6.45) is -0.748. The van der Waals surface area contributed by atoms with Gasteiger partial charge in [-0.15, -0.1) is 0 Å². The molecule has 236 valence electrons. The zero-order valence-electron chi connectivity index (χ0n) is 25.8. The van der Waals surface area contributed by atoms with Gasteiger partial charge in [-0.1, -0.05) is 18.2 Å². The van der Waals surface area contributed by atoms with Crippen LogP contribution >= 0.6 is 0 Å². The molecule has 1 amide bonds. The average molecular weight is 637 g/mol. The fourth-order valence-corrected chi connectivity index (χ4v) is 6.68. The van der Waals surface area contributed by atoms with Crippen molar-refractivity contribution in [1.29, 1.82) is 0 Å². The van der Waals surface area contributed by atoms with Crippen molar-refractivity contribution in [2.75, 3.05) is 14.2 Å². The highest BCUT2D eigenvalue weighted by Gasteiger charge is 2.29. The van der Waals surface area contributed by atoms with E-state index in [0.29, 0.717) is 16.8 Å². The van der Waals surface area contributed by atoms with Crippen molar-refractivity contribution in [1.82, 2.24) is 18.8 Å². The van der Waals surface area contributed by atoms with Gasteiger partial charge in [0.05, 0.1) is 41.8 Å². The van der Waals surface area contributed by atoms with Crippen molar-refractivity contribution in [3.63, 3.8) is 0 Å². The Labute approximate surface area is 259 Å². The number of rotatable bonds is 7. The van der Waals surface area contributed by atoms with E-state index < -0.39 is 39.5 Å². The Morgan fingerprint density at radius 2 is 1.71 bits per heavy atom. The monoisotopic (exact) mass is 636 g/mol. The molecule has 0 aliphatic rings. The van der Waals surface area contributed by atoms with Crippen LogP contribution in [0.4, 0.5) is 9.18 Å². The number of hydrogen-bond acceptors (Lipinski definition) is 8. The normalized spacial score (nSPS) is 12.7. The third kappa shape index (κ3) is 5.82. The first-order chi connectivity index (χ1) is 21.2. The number of amides is 1. The van der Waals surface area contributed by atoms with Gasteiger partial charge in [0.15, 0.2) is 5.82 Å². The molecule has 0 bridgehead atoms. The number of hydrogen-bond donors (Lipinski definition) is 1. The number of carbonyl (C=O) groups excluding carboxylic acids is 2. The second-order valence-corrected chi connectivity index (χ2v) is 13.2. The number of nitrogens with one attached hydrogen (secondary N) is 1. The highest BCUT2D eigenvalue weighted by Crippen LogP contribution is 2.37. The topological polar surface area (TPSA) is 131 Å². The summed E-state index contributed by atoms with van der Waals surface area (Å²) < 4.78 is 62.7. The SMILES string of the molecule is COC(=O)c1cc(OC)c2c(c1)nc(-c1cc3cc(F)c([C@@H](C)NC(=O)OC(C)(C)C)cc3n1S(=O)(=O)c1ccccc1)n2C. The number of benzene rings is 3. The van der Waals surface area contributed by atoms with E-state index in [1.54, 1.807) is 57.5 Å². The van der Waals surface area contributed by atoms with Crippen LogP contribution in [0.5, 0.6) is 5.75 Å². The number of imidazole rings is 1. The number of aromatic nitrogens is 3. The van der Waals surface area contributed by atoms with Gasteiger partial charge in [0.1, 0.15) is 28.4 Å². The molecule has 0 saturated carbocycles. The zero-order valence-corrected chi connectivity index (χ0v) is 26.7. The van der Waals surface area contributed by atoms with Crippen LogP contribution in [-0.2, 0) is 26.5 Å². The van der Waals surface area contributed by atoms with Crippen molar-refractivity contribution < 1.29 is 36.6 Å². The van der Waals surface area contributed by atoms with Gasteiger partial charge in [0, 0.05) is 18.0 Å². The Balaban J connectivity index is 1.77. The molecule has 0 radical (unpaired) electrons. The van der Waals surface area contributed by atoms with Gasteiger partial charge in [0.2, 0.25) is 0 Å². The third-order valence-corrected chi connectivity index (χ3v) is 8.90. The predicted molar refractivity (Wildman–Crippen MR) is 166 cm³/mol. The fourth-order valence-electron chi connectivity index (χ4n) is 5.16. The van der Waals surface area contributed by atoms with E-state index in [1.165, 1.54) is 56.7 Å². The van der Waals surface area contributed by atoms with Crippen LogP contribution in [0.15, 0.2) is 65.6 Å². The number of alkyl carbamates (subject to hydrolysis) is 1. The van der Waals surface area contributed by atoms with Crippen molar-refractivity contribution in [3.05, 3.63) is 77.6 Å². The Morgan fingerprint density at radius 3 is 2.33 bits per heavy atom. The number of methoxy groups -OCH3 is 2. The van der Waals surface area contributed by atoms with Gasteiger partial charge in [-0.2, -0.15) is 0 Å². The van der Waals surface area contributed by atoms with E-state index in [9.17, 15) is 18.0 Å². The molecule has 3 aromatic carbocycles. The van der Waals surface area contributed by atoms with Crippen molar-refractivity contribution in [2.45, 2.75) is 44.2 Å². The first kappa shape index (κ1) is 31.5. The van der Waals surface area contributed by atoms with E-state index in [0.717, 1.165) is 3.97 Å². The summed E-state index contributed by atoms with van der Waals surface area (Å²) in [5.74, 6) is -0.720. The van der Waals surface area contributed by atoms with Crippen LogP contribution in [0.1, 0.15) is 49.7 Å². The molecule has 1 atom stereocenters. The van der Waals surface area contributed by atoms with Crippen molar-refractivity contribution >= 4 is 44.0 Å². The number of aryl methyl sites for hydroxylation is 1. The van der Waals surface area contributed by atoms with Crippen LogP contribution in [0.3, 0.4) is 0 Å². The Kier molecular flexibility index (Phi) is 8.08. The molecule has 13 heteroatoms. The molecule has 0 unspecified atom stereocenters. The number of esters is 1. The van der Waals surface area contributed by atoms with E-state index in [2.05, 4.69) is 5.32 Å². The van der Waals surface area contributed by atoms with E-state index in [1.807, 2.05) is 0 Å². The summed E-state index contributed by atoms with van der Waals surface area (Å²) in [5, 5.41) is 2.90.